The van der Waals surface area contributed by atoms with Crippen molar-refractivity contribution >= 4 is 11.7 Å². The lowest BCUT2D eigenvalue weighted by Crippen LogP contribution is -2.61. The third kappa shape index (κ3) is 4.15. The van der Waals surface area contributed by atoms with E-state index in [-0.39, 0.29) is 17.4 Å². The molecule has 2 aromatic carbocycles. The van der Waals surface area contributed by atoms with Crippen molar-refractivity contribution in [2.24, 2.45) is 0 Å². The standard InChI is InChI=1S/C24H29FN2O2/c1-16-8-19(20-11-27(12-20)22-7-5-6-21(25)10-22)9-17(2)23(16)13-26-14-24(4,15-26)29-18(3)28/h5-10,20H,11-15H2,1-4H3. The maximum Gasteiger partial charge on any atom is 0.303 e. The van der Waals surface area contributed by atoms with Gasteiger partial charge in [-0.15, -0.1) is 0 Å². The van der Waals surface area contributed by atoms with E-state index in [9.17, 15) is 9.18 Å². The lowest BCUT2D eigenvalue weighted by Gasteiger charge is -2.47. The van der Waals surface area contributed by atoms with E-state index in [1.165, 1.54) is 35.2 Å². The van der Waals surface area contributed by atoms with E-state index in [0.717, 1.165) is 38.4 Å². The highest BCUT2D eigenvalue weighted by atomic mass is 19.1. The van der Waals surface area contributed by atoms with Gasteiger partial charge in [-0.1, -0.05) is 18.2 Å². The normalized spacial score (nSPS) is 18.9. The summed E-state index contributed by atoms with van der Waals surface area (Å²) in [6.07, 6.45) is 0. The molecule has 2 saturated heterocycles. The van der Waals surface area contributed by atoms with E-state index < -0.39 is 0 Å². The van der Waals surface area contributed by atoms with Crippen LogP contribution in [0.5, 0.6) is 0 Å². The second kappa shape index (κ2) is 7.45. The van der Waals surface area contributed by atoms with Crippen LogP contribution < -0.4 is 4.90 Å². The van der Waals surface area contributed by atoms with Crippen LogP contribution in [-0.2, 0) is 16.1 Å². The largest absolute Gasteiger partial charge is 0.457 e. The molecule has 0 radical (unpaired) electrons. The molecule has 2 aliphatic heterocycles. The van der Waals surface area contributed by atoms with Crippen LogP contribution in [0, 0.1) is 19.7 Å². The fraction of sp³-hybridized carbons (Fsp3) is 0.458. The molecule has 0 saturated carbocycles. The van der Waals surface area contributed by atoms with Gasteiger partial charge in [0, 0.05) is 51.3 Å². The minimum atomic E-state index is -0.347. The molecule has 2 heterocycles. The van der Waals surface area contributed by atoms with Crippen molar-refractivity contribution in [2.75, 3.05) is 31.1 Å². The number of carbonyl (C=O) groups excluding carboxylic acids is 1. The summed E-state index contributed by atoms with van der Waals surface area (Å²) in [5.41, 5.74) is 5.96. The van der Waals surface area contributed by atoms with Crippen molar-refractivity contribution in [2.45, 2.75) is 45.8 Å². The predicted octanol–water partition coefficient (Wildman–Crippen LogP) is 4.18. The van der Waals surface area contributed by atoms with Gasteiger partial charge in [0.15, 0.2) is 0 Å². The van der Waals surface area contributed by atoms with E-state index in [2.05, 4.69) is 35.8 Å². The number of nitrogens with zero attached hydrogens (tertiary/aromatic N) is 2. The Labute approximate surface area is 172 Å². The Kier molecular flexibility index (Phi) is 5.11. The lowest BCUT2D eigenvalue weighted by atomic mass is 9.86. The fourth-order valence-electron chi connectivity index (χ4n) is 4.73. The summed E-state index contributed by atoms with van der Waals surface area (Å²) in [5.74, 6) is 0.0930. The minimum Gasteiger partial charge on any atom is -0.457 e. The van der Waals surface area contributed by atoms with Gasteiger partial charge in [0.25, 0.3) is 0 Å². The summed E-state index contributed by atoms with van der Waals surface area (Å²) in [6, 6.07) is 11.4. The number of aryl methyl sites for hydroxylation is 2. The molecule has 29 heavy (non-hydrogen) atoms. The average molecular weight is 397 g/mol. The maximum atomic E-state index is 13.5. The van der Waals surface area contributed by atoms with Gasteiger partial charge < -0.3 is 9.64 Å². The van der Waals surface area contributed by atoms with Gasteiger partial charge in [-0.2, -0.15) is 0 Å². The number of halogens is 1. The summed E-state index contributed by atoms with van der Waals surface area (Å²) < 4.78 is 18.9. The van der Waals surface area contributed by atoms with E-state index in [0.29, 0.717) is 5.92 Å². The molecule has 0 aromatic heterocycles. The molecule has 4 nitrogen and oxygen atoms in total. The molecule has 2 aromatic rings. The number of carbonyl (C=O) groups is 1. The predicted molar refractivity (Wildman–Crippen MR) is 113 cm³/mol. The molecule has 0 atom stereocenters. The fourth-order valence-corrected chi connectivity index (χ4v) is 4.73. The van der Waals surface area contributed by atoms with Crippen LogP contribution in [0.2, 0.25) is 0 Å². The zero-order chi connectivity index (χ0) is 20.8. The van der Waals surface area contributed by atoms with E-state index in [1.54, 1.807) is 12.1 Å². The Morgan fingerprint density at radius 1 is 1.17 bits per heavy atom. The number of benzene rings is 2. The van der Waals surface area contributed by atoms with Crippen LogP contribution in [-0.4, -0.2) is 42.6 Å². The quantitative estimate of drug-likeness (QED) is 0.710. The Bertz CT molecular complexity index is 907. The van der Waals surface area contributed by atoms with Crippen molar-refractivity contribution in [3.05, 3.63) is 64.5 Å². The molecule has 0 N–H and O–H groups in total. The zero-order valence-corrected chi connectivity index (χ0v) is 17.7. The molecule has 0 bridgehead atoms. The Balaban J connectivity index is 1.38. The van der Waals surface area contributed by atoms with Crippen molar-refractivity contribution < 1.29 is 13.9 Å². The number of likely N-dealkylation sites (tertiary alicyclic amines) is 1. The first-order chi connectivity index (χ1) is 13.7. The number of esters is 1. The van der Waals surface area contributed by atoms with Gasteiger partial charge in [-0.25, -0.2) is 4.39 Å². The summed E-state index contributed by atoms with van der Waals surface area (Å²) in [4.78, 5) is 15.8. The SMILES string of the molecule is CC(=O)OC1(C)CN(Cc2c(C)cc(C3CN(c4cccc(F)c4)C3)cc2C)C1. The van der Waals surface area contributed by atoms with Crippen molar-refractivity contribution in [1.82, 2.24) is 4.90 Å². The van der Waals surface area contributed by atoms with Crippen molar-refractivity contribution in [3.63, 3.8) is 0 Å². The van der Waals surface area contributed by atoms with Gasteiger partial charge in [0.2, 0.25) is 0 Å². The first kappa shape index (κ1) is 19.9. The van der Waals surface area contributed by atoms with Crippen LogP contribution in [0.25, 0.3) is 0 Å². The molecule has 154 valence electrons. The third-order valence-corrected chi connectivity index (χ3v) is 6.13. The minimum absolute atomic E-state index is 0.183. The van der Waals surface area contributed by atoms with Crippen molar-refractivity contribution in [3.8, 4) is 0 Å². The molecule has 2 fully saturated rings. The first-order valence-electron chi connectivity index (χ1n) is 10.2. The van der Waals surface area contributed by atoms with Gasteiger partial charge in [-0.3, -0.25) is 9.69 Å². The van der Waals surface area contributed by atoms with Crippen LogP contribution in [0.3, 0.4) is 0 Å². The average Bonchev–Trinajstić information content (AvgIpc) is 2.54. The van der Waals surface area contributed by atoms with E-state index in [1.807, 2.05) is 13.0 Å². The molecule has 5 heteroatoms. The molecular weight excluding hydrogens is 367 g/mol. The second-order valence-corrected chi connectivity index (χ2v) is 8.90. The highest BCUT2D eigenvalue weighted by molar-refractivity contribution is 5.66. The topological polar surface area (TPSA) is 32.8 Å². The number of anilines is 1. The second-order valence-electron chi connectivity index (χ2n) is 8.90. The third-order valence-electron chi connectivity index (χ3n) is 6.13. The highest BCUT2D eigenvalue weighted by Gasteiger charge is 2.41. The number of hydrogen-bond donors (Lipinski definition) is 0. The first-order valence-corrected chi connectivity index (χ1v) is 10.2. The summed E-state index contributed by atoms with van der Waals surface area (Å²) in [6.45, 7) is 12.1. The molecular formula is C24H29FN2O2. The molecule has 0 unspecified atom stereocenters. The molecule has 4 rings (SSSR count). The molecule has 0 aliphatic carbocycles. The Morgan fingerprint density at radius 2 is 1.83 bits per heavy atom. The lowest BCUT2D eigenvalue weighted by molar-refractivity contribution is -0.174. The zero-order valence-electron chi connectivity index (χ0n) is 17.7. The monoisotopic (exact) mass is 396 g/mol. The molecule has 2 aliphatic rings. The van der Waals surface area contributed by atoms with Crippen LogP contribution in [0.4, 0.5) is 10.1 Å². The van der Waals surface area contributed by atoms with Crippen molar-refractivity contribution in [1.29, 1.82) is 0 Å². The summed E-state index contributed by atoms with van der Waals surface area (Å²) in [7, 11) is 0. The summed E-state index contributed by atoms with van der Waals surface area (Å²) in [5, 5.41) is 0. The Morgan fingerprint density at radius 3 is 2.41 bits per heavy atom. The van der Waals surface area contributed by atoms with E-state index in [4.69, 9.17) is 4.74 Å². The molecule has 0 amide bonds. The number of rotatable bonds is 5. The highest BCUT2D eigenvalue weighted by Crippen LogP contribution is 2.34. The van der Waals surface area contributed by atoms with Crippen LogP contribution in [0.15, 0.2) is 36.4 Å². The molecule has 0 spiro atoms. The number of hydrogen-bond acceptors (Lipinski definition) is 4. The van der Waals surface area contributed by atoms with Gasteiger partial charge in [-0.05, 0) is 61.2 Å². The smallest absolute Gasteiger partial charge is 0.303 e. The van der Waals surface area contributed by atoms with Crippen LogP contribution >= 0.6 is 0 Å². The van der Waals surface area contributed by atoms with Gasteiger partial charge in [0.1, 0.15) is 11.4 Å². The Hall–Kier alpha value is -2.40. The number of ether oxygens (including phenoxy) is 1. The van der Waals surface area contributed by atoms with Gasteiger partial charge in [0.05, 0.1) is 0 Å². The van der Waals surface area contributed by atoms with Crippen LogP contribution in [0.1, 0.15) is 42.0 Å². The van der Waals surface area contributed by atoms with E-state index >= 15 is 0 Å². The summed E-state index contributed by atoms with van der Waals surface area (Å²) >= 11 is 0. The maximum absolute atomic E-state index is 13.5. The van der Waals surface area contributed by atoms with Gasteiger partial charge >= 0.3 is 5.97 Å².